The highest BCUT2D eigenvalue weighted by atomic mass is 16.5. The van der Waals surface area contributed by atoms with Crippen LogP contribution in [0.4, 0.5) is 11.4 Å². The summed E-state index contributed by atoms with van der Waals surface area (Å²) in [5.41, 5.74) is 14.2. The van der Waals surface area contributed by atoms with Crippen LogP contribution in [0.5, 0.6) is 0 Å². The van der Waals surface area contributed by atoms with E-state index in [1.165, 1.54) is 45.9 Å². The first kappa shape index (κ1) is 42.8. The number of nitrogen functional groups attached to an aromatic ring is 1. The third-order valence-electron chi connectivity index (χ3n) is 6.36. The molecular formula is C31H41N9O9. The van der Waals surface area contributed by atoms with Crippen LogP contribution in [0, 0.1) is 0 Å². The van der Waals surface area contributed by atoms with Crippen molar-refractivity contribution < 1.29 is 38.9 Å². The normalized spacial score (nSPS) is 12.5. The molecule has 1 amide bonds. The van der Waals surface area contributed by atoms with Crippen molar-refractivity contribution in [1.29, 1.82) is 0 Å². The van der Waals surface area contributed by atoms with Crippen LogP contribution >= 0.6 is 0 Å². The number of H-pyrrole nitrogens is 1. The number of fused-ring (bicyclic) bond motifs is 1. The Morgan fingerprint density at radius 3 is 2.06 bits per heavy atom. The van der Waals surface area contributed by atoms with Gasteiger partial charge in [0.2, 0.25) is 0 Å². The summed E-state index contributed by atoms with van der Waals surface area (Å²) < 4.78 is 13.6. The molecular weight excluding hydrogens is 642 g/mol. The lowest BCUT2D eigenvalue weighted by Crippen LogP contribution is -2.45. The molecule has 49 heavy (non-hydrogen) atoms. The fraction of sp³-hybridized carbons (Fsp3) is 0.194. The number of nitrogens with two attached hydrogens (primary N) is 3. The summed E-state index contributed by atoms with van der Waals surface area (Å²) in [7, 11) is 3.72. The number of esters is 3. The van der Waals surface area contributed by atoms with Gasteiger partial charge in [-0.15, -0.1) is 0 Å². The van der Waals surface area contributed by atoms with Crippen molar-refractivity contribution in [3.8, 4) is 0 Å². The number of aliphatic imine (C=N–C) groups is 1. The minimum atomic E-state index is -0.659. The van der Waals surface area contributed by atoms with Gasteiger partial charge in [-0.25, -0.2) is 24.8 Å². The molecule has 18 nitrogen and oxygen atoms in total. The standard InChI is InChI=1S/C10H8N2O3.C10H11NO4.C9H8N4O.2CH4.H4N2.H2O/c1-15-10(14)6-3-2-4-7-8(6)9(13)12-5-11-7;1-14-9(12)6-4-3-5-7(11)8(6)10(13)15-2;14-9-5-2-1-3-6-7(5)8(12-13-9)11-4-10-6;;;1-2;/h2-5H,1H3,(H,11,12,13);3-5H,11H2,1-2H3;1-4,8,12H,(H,10,11)(H,13,14);2*1H4;1-2H2;1H2. The number of hydrogen-bond donors (Lipinski definition) is 7. The summed E-state index contributed by atoms with van der Waals surface area (Å²) in [6.45, 7) is 0. The smallest absolute Gasteiger partial charge is 0.340 e. The number of carbonyl (C=O) groups excluding carboxylic acids is 4. The van der Waals surface area contributed by atoms with Crippen LogP contribution in [0.3, 0.4) is 0 Å². The third kappa shape index (κ3) is 9.65. The van der Waals surface area contributed by atoms with E-state index < -0.39 is 17.9 Å². The lowest BCUT2D eigenvalue weighted by atomic mass is 10.00. The number of methoxy groups -OCH3 is 3. The molecule has 0 aliphatic carbocycles. The Balaban J connectivity index is 0.000000667. The molecule has 0 saturated heterocycles. The minimum Gasteiger partial charge on any atom is -0.465 e. The van der Waals surface area contributed by atoms with Crippen molar-refractivity contribution in [3.63, 3.8) is 0 Å². The third-order valence-corrected chi connectivity index (χ3v) is 6.36. The molecule has 0 spiro atoms. The predicted molar refractivity (Wildman–Crippen MR) is 185 cm³/mol. The van der Waals surface area contributed by atoms with Crippen molar-refractivity contribution in [2.45, 2.75) is 21.0 Å². The van der Waals surface area contributed by atoms with Gasteiger partial charge >= 0.3 is 17.9 Å². The van der Waals surface area contributed by atoms with Gasteiger partial charge in [-0.3, -0.25) is 31.7 Å². The number of ether oxygens (including phenoxy) is 3. The topological polar surface area (TPSA) is 300 Å². The maximum Gasteiger partial charge on any atom is 0.340 e. The highest BCUT2D eigenvalue weighted by molar-refractivity contribution is 6.06. The summed E-state index contributed by atoms with van der Waals surface area (Å²) in [6.07, 6.45) is 2.76. The van der Waals surface area contributed by atoms with Gasteiger partial charge in [0.05, 0.1) is 61.6 Å². The number of aromatic nitrogens is 2. The van der Waals surface area contributed by atoms with Crippen molar-refractivity contribution in [1.82, 2.24) is 20.8 Å². The van der Waals surface area contributed by atoms with Crippen LogP contribution in [0.15, 0.2) is 70.7 Å². The van der Waals surface area contributed by atoms with Crippen molar-refractivity contribution in [2.75, 3.05) is 32.4 Å². The maximum atomic E-state index is 11.5. The minimum absolute atomic E-state index is 0. The van der Waals surface area contributed by atoms with Crippen molar-refractivity contribution in [2.24, 2.45) is 16.7 Å². The molecule has 2 aliphatic rings. The van der Waals surface area contributed by atoms with E-state index >= 15 is 0 Å². The van der Waals surface area contributed by atoms with Gasteiger partial charge < -0.3 is 35.7 Å². The first-order chi connectivity index (χ1) is 22.2. The number of aromatic amines is 1. The van der Waals surface area contributed by atoms with Crippen LogP contribution in [0.25, 0.3) is 10.9 Å². The van der Waals surface area contributed by atoms with E-state index in [2.05, 4.69) is 57.0 Å². The molecule has 1 atom stereocenters. The molecule has 12 N–H and O–H groups in total. The van der Waals surface area contributed by atoms with Crippen LogP contribution in [-0.2, 0) is 14.2 Å². The Morgan fingerprint density at radius 2 is 1.41 bits per heavy atom. The number of carbonyl (C=O) groups is 4. The number of anilines is 2. The zero-order chi connectivity index (χ0) is 33.8. The van der Waals surface area contributed by atoms with Crippen molar-refractivity contribution in [3.05, 3.63) is 99.1 Å². The summed E-state index contributed by atoms with van der Waals surface area (Å²) in [5, 5.41) is 3.27. The van der Waals surface area contributed by atoms with E-state index in [1.807, 2.05) is 12.1 Å². The monoisotopic (exact) mass is 683 g/mol. The molecule has 3 heterocycles. The summed E-state index contributed by atoms with van der Waals surface area (Å²) >= 11 is 0. The Morgan fingerprint density at radius 1 is 0.816 bits per heavy atom. The fourth-order valence-corrected chi connectivity index (χ4v) is 4.33. The van der Waals surface area contributed by atoms with Gasteiger partial charge in [0.1, 0.15) is 6.17 Å². The number of nitrogens with zero attached hydrogens (tertiary/aromatic N) is 2. The van der Waals surface area contributed by atoms with Gasteiger partial charge in [0, 0.05) is 22.5 Å². The van der Waals surface area contributed by atoms with Crippen LogP contribution in [0.2, 0.25) is 0 Å². The van der Waals surface area contributed by atoms with E-state index in [4.69, 9.17) is 5.73 Å². The maximum absolute atomic E-state index is 11.5. The Labute approximate surface area is 281 Å². The number of rotatable bonds is 3. The first-order valence-electron chi connectivity index (χ1n) is 13.1. The molecule has 0 fully saturated rings. The molecule has 1 unspecified atom stereocenters. The van der Waals surface area contributed by atoms with Crippen LogP contribution in [0.1, 0.15) is 68.0 Å². The molecule has 6 rings (SSSR count). The van der Waals surface area contributed by atoms with E-state index in [-0.39, 0.29) is 65.7 Å². The number of amides is 1. The lowest BCUT2D eigenvalue weighted by molar-refractivity contribution is 0.0556. The number of hydrogen-bond acceptors (Lipinski definition) is 15. The summed E-state index contributed by atoms with van der Waals surface area (Å²) in [5.74, 6) is 6.06. The van der Waals surface area contributed by atoms with Gasteiger partial charge in [-0.2, -0.15) is 0 Å². The number of benzene rings is 3. The second-order valence-electron chi connectivity index (χ2n) is 8.87. The molecule has 0 bridgehead atoms. The fourth-order valence-electron chi connectivity index (χ4n) is 4.33. The zero-order valence-corrected chi connectivity index (χ0v) is 25.3. The summed E-state index contributed by atoms with van der Waals surface area (Å²) in [4.78, 5) is 67.6. The molecule has 1 aromatic heterocycles. The van der Waals surface area contributed by atoms with Gasteiger partial charge in [-0.05, 0) is 36.4 Å². The Hall–Kier alpha value is -6.21. The summed E-state index contributed by atoms with van der Waals surface area (Å²) in [6, 6.07) is 15.0. The van der Waals surface area contributed by atoms with E-state index in [0.717, 1.165) is 11.3 Å². The van der Waals surface area contributed by atoms with Gasteiger partial charge in [0.15, 0.2) is 0 Å². The highest BCUT2D eigenvalue weighted by Crippen LogP contribution is 2.31. The molecule has 0 saturated carbocycles. The molecule has 2 aliphatic heterocycles. The van der Waals surface area contributed by atoms with Crippen molar-refractivity contribution >= 4 is 52.4 Å². The average molecular weight is 684 g/mol. The quantitative estimate of drug-likeness (QED) is 0.0525. The molecule has 0 radical (unpaired) electrons. The van der Waals surface area contributed by atoms with Gasteiger partial charge in [-0.1, -0.05) is 33.1 Å². The Bertz CT molecular complexity index is 1840. The lowest BCUT2D eigenvalue weighted by Gasteiger charge is -2.28. The van der Waals surface area contributed by atoms with E-state index in [1.54, 1.807) is 30.6 Å². The average Bonchev–Trinajstić information content (AvgIpc) is 3.10. The SMILES string of the molecule is C.C.COC(=O)c1cccc(N)c1C(=O)OC.COC(=O)c1cccc2nc[nH]c(=O)c12.NN.O.O=C1NNC2N=CNc3cccc1c32. The largest absolute Gasteiger partial charge is 0.465 e. The molecule has 264 valence electrons. The van der Waals surface area contributed by atoms with E-state index in [9.17, 15) is 24.0 Å². The second-order valence-corrected chi connectivity index (χ2v) is 8.87. The predicted octanol–water partition coefficient (Wildman–Crippen LogP) is 1.21. The molecule has 4 aromatic rings. The van der Waals surface area contributed by atoms with Crippen LogP contribution < -0.4 is 39.1 Å². The number of hydrazine groups is 2. The van der Waals surface area contributed by atoms with Crippen LogP contribution in [-0.4, -0.2) is 66.9 Å². The highest BCUT2D eigenvalue weighted by Gasteiger charge is 2.28. The van der Waals surface area contributed by atoms with E-state index in [0.29, 0.717) is 11.1 Å². The first-order valence-corrected chi connectivity index (χ1v) is 13.1. The number of nitrogens with one attached hydrogen (secondary N) is 4. The molecule has 18 heteroatoms. The zero-order valence-electron chi connectivity index (χ0n) is 25.3. The molecule has 3 aromatic carbocycles. The Kier molecular flexibility index (Phi) is 17.6. The second kappa shape index (κ2) is 20.1. The van der Waals surface area contributed by atoms with Gasteiger partial charge in [0.25, 0.3) is 11.5 Å².